The average Bonchev–Trinajstić information content (AvgIpc) is 2.30. The molecule has 0 aromatic rings. The molecule has 0 bridgehead atoms. The molecule has 0 aromatic heterocycles. The van der Waals surface area contributed by atoms with Gasteiger partial charge in [-0.1, -0.05) is 13.8 Å². The van der Waals surface area contributed by atoms with Crippen molar-refractivity contribution in [1.29, 1.82) is 0 Å². The quantitative estimate of drug-likeness (QED) is 0.519. The van der Waals surface area contributed by atoms with E-state index in [1.807, 2.05) is 64.2 Å². The maximum atomic E-state index is 2.08. The predicted octanol–water partition coefficient (Wildman–Crippen LogP) is 1.05. The van der Waals surface area contributed by atoms with Crippen LogP contribution >= 0.6 is 0 Å². The van der Waals surface area contributed by atoms with Crippen molar-refractivity contribution >= 4 is 0 Å². The fourth-order valence-electron chi connectivity index (χ4n) is 1.33. The fraction of sp³-hybridized carbons (Fsp3) is 0.111. The Kier molecular flexibility index (Phi) is 23.2. The van der Waals surface area contributed by atoms with Gasteiger partial charge in [-0.3, -0.25) is 0 Å². The van der Waals surface area contributed by atoms with Gasteiger partial charge >= 0.3 is 51.4 Å². The minimum atomic E-state index is 0. The summed E-state index contributed by atoms with van der Waals surface area (Å²) in [6.45, 7) is 4.17. The Morgan fingerprint density at radius 3 is 0.900 bits per heavy atom. The molecule has 0 atom stereocenters. The van der Waals surface area contributed by atoms with Gasteiger partial charge < -0.3 is 0 Å². The molecule has 2 aliphatic carbocycles. The van der Waals surface area contributed by atoms with E-state index in [2.05, 4.69) is 39.5 Å². The van der Waals surface area contributed by atoms with Gasteiger partial charge in [0.1, 0.15) is 0 Å². The molecule has 16 radical (unpaired) electrons. The molecule has 96 valence electrons. The first-order valence-corrected chi connectivity index (χ1v) is 6.15. The van der Waals surface area contributed by atoms with Crippen LogP contribution in [0.25, 0.3) is 0 Å². The monoisotopic (exact) mass is 415 g/mol. The molecule has 0 saturated heterocycles. The first kappa shape index (κ1) is 25.3. The van der Waals surface area contributed by atoms with Crippen LogP contribution in [-0.2, 0) is 0 Å². The Morgan fingerprint density at radius 2 is 0.650 bits per heavy atom. The summed E-state index contributed by atoms with van der Waals surface area (Å²) in [4.78, 5) is 0. The summed E-state index contributed by atoms with van der Waals surface area (Å²) in [5.41, 5.74) is 0. The zero-order valence-corrected chi connectivity index (χ0v) is 18.8. The topological polar surface area (TPSA) is 0 Å². The molecule has 2 heteroatoms. The SMILES string of the molecule is C[C]1[CH][CH][CH][CH][CH][CH][CH]1.C[C]1[CH][CH][CH][CH][CH][CH][CH]1.[Ce].[K+]. The van der Waals surface area contributed by atoms with Gasteiger partial charge in [0.25, 0.3) is 0 Å². The molecule has 0 unspecified atom stereocenters. The van der Waals surface area contributed by atoms with Crippen LogP contribution in [0.5, 0.6) is 0 Å². The summed E-state index contributed by atoms with van der Waals surface area (Å²) >= 11 is 0. The second kappa shape index (κ2) is 18.4. The third-order valence-electron chi connectivity index (χ3n) is 2.33. The molecule has 0 N–H and O–H groups in total. The standard InChI is InChI=1S/2C9H10.Ce.K/c2*1-9-7-5-3-2-4-6-8-9;;/h2*2-8H,1H3;;/q;;;+1. The summed E-state index contributed by atoms with van der Waals surface area (Å²) in [5, 5.41) is 0. The van der Waals surface area contributed by atoms with Crippen molar-refractivity contribution in [3.05, 3.63) is 102 Å². The summed E-state index contributed by atoms with van der Waals surface area (Å²) < 4.78 is 0. The van der Waals surface area contributed by atoms with Crippen LogP contribution < -0.4 is 51.4 Å². The van der Waals surface area contributed by atoms with Crippen LogP contribution in [0.4, 0.5) is 0 Å². The predicted molar refractivity (Wildman–Crippen MR) is 78.0 cm³/mol. The van der Waals surface area contributed by atoms with Crippen LogP contribution in [0.1, 0.15) is 13.8 Å². The van der Waals surface area contributed by atoms with Crippen LogP contribution in [0.2, 0.25) is 0 Å². The smallest absolute Gasteiger partial charge is 0.0585 e. The average molecular weight is 416 g/mol. The van der Waals surface area contributed by atoms with Gasteiger partial charge in [-0.05, 0) is 102 Å². The van der Waals surface area contributed by atoms with Crippen molar-refractivity contribution in [2.45, 2.75) is 13.8 Å². The van der Waals surface area contributed by atoms with E-state index < -0.39 is 0 Å². The Balaban J connectivity index is 0. The minimum Gasteiger partial charge on any atom is -0.0585 e. The van der Waals surface area contributed by atoms with E-state index >= 15 is 0 Å². The third-order valence-corrected chi connectivity index (χ3v) is 2.33. The van der Waals surface area contributed by atoms with Gasteiger partial charge in [0.05, 0.1) is 0 Å². The van der Waals surface area contributed by atoms with Crippen LogP contribution in [-0.4, -0.2) is 0 Å². The maximum absolute atomic E-state index is 2.08. The molecule has 2 fully saturated rings. The molecule has 2 rings (SSSR count). The van der Waals surface area contributed by atoms with Crippen LogP contribution in [0.3, 0.4) is 0 Å². The van der Waals surface area contributed by atoms with E-state index in [-0.39, 0.29) is 93.1 Å². The number of rotatable bonds is 0. The molecule has 0 heterocycles. The molecular formula is C18H20CeK+. The molecule has 2 aliphatic rings. The summed E-state index contributed by atoms with van der Waals surface area (Å²) in [6, 6.07) is 0. The van der Waals surface area contributed by atoms with E-state index in [4.69, 9.17) is 0 Å². The summed E-state index contributed by atoms with van der Waals surface area (Å²) in [5.74, 6) is 2.58. The first-order chi connectivity index (χ1) is 8.79. The van der Waals surface area contributed by atoms with Gasteiger partial charge in [-0.2, -0.15) is 0 Å². The van der Waals surface area contributed by atoms with Crippen molar-refractivity contribution in [2.75, 3.05) is 0 Å². The maximum Gasteiger partial charge on any atom is 1.00 e. The molecule has 0 amide bonds. The molecule has 0 nitrogen and oxygen atoms in total. The Hall–Kier alpha value is 3.01. The molecular weight excluding hydrogens is 395 g/mol. The molecule has 0 aromatic carbocycles. The zero-order valence-electron chi connectivity index (χ0n) is 12.6. The van der Waals surface area contributed by atoms with Crippen molar-refractivity contribution < 1.29 is 93.1 Å². The van der Waals surface area contributed by atoms with Crippen molar-refractivity contribution in [3.8, 4) is 0 Å². The van der Waals surface area contributed by atoms with E-state index in [0.717, 1.165) is 0 Å². The Bertz CT molecular complexity index is 148. The second-order valence-corrected chi connectivity index (χ2v) is 4.08. The number of hydrogen-bond donors (Lipinski definition) is 0. The van der Waals surface area contributed by atoms with Crippen molar-refractivity contribution in [2.24, 2.45) is 0 Å². The normalized spacial score (nSPS) is 22.5. The van der Waals surface area contributed by atoms with Gasteiger partial charge in [0.15, 0.2) is 0 Å². The van der Waals surface area contributed by atoms with E-state index in [9.17, 15) is 0 Å². The van der Waals surface area contributed by atoms with E-state index in [1.165, 1.54) is 11.8 Å². The molecule has 20 heavy (non-hydrogen) atoms. The third kappa shape index (κ3) is 15.9. The van der Waals surface area contributed by atoms with Gasteiger partial charge in [0, 0.05) is 41.7 Å². The van der Waals surface area contributed by atoms with E-state index in [0.29, 0.717) is 0 Å². The molecule has 0 aliphatic heterocycles. The first-order valence-electron chi connectivity index (χ1n) is 6.15. The van der Waals surface area contributed by atoms with Gasteiger partial charge in [0.2, 0.25) is 0 Å². The fourth-order valence-corrected chi connectivity index (χ4v) is 1.33. The van der Waals surface area contributed by atoms with Crippen LogP contribution in [0.15, 0.2) is 0 Å². The van der Waals surface area contributed by atoms with E-state index in [1.54, 1.807) is 0 Å². The second-order valence-electron chi connectivity index (χ2n) is 4.08. The van der Waals surface area contributed by atoms with Gasteiger partial charge in [-0.25, -0.2) is 0 Å². The van der Waals surface area contributed by atoms with Crippen molar-refractivity contribution in [3.63, 3.8) is 0 Å². The zero-order chi connectivity index (χ0) is 13.1. The van der Waals surface area contributed by atoms with Gasteiger partial charge in [-0.15, -0.1) is 0 Å². The minimum absolute atomic E-state index is 0. The Morgan fingerprint density at radius 1 is 0.450 bits per heavy atom. The summed E-state index contributed by atoms with van der Waals surface area (Å²) in [6.07, 6.45) is 28.6. The number of hydrogen-bond acceptors (Lipinski definition) is 0. The Labute approximate surface area is 205 Å². The summed E-state index contributed by atoms with van der Waals surface area (Å²) in [7, 11) is 0. The molecule has 0 spiro atoms. The molecule has 2 saturated carbocycles. The van der Waals surface area contributed by atoms with Crippen molar-refractivity contribution in [1.82, 2.24) is 0 Å². The largest absolute Gasteiger partial charge is 1.00 e. The van der Waals surface area contributed by atoms with Crippen LogP contribution in [0, 0.1) is 143 Å².